The molecular formula is C21H23N3O3S. The number of carbonyl (C=O) groups excluding carboxylic acids is 2. The van der Waals surface area contributed by atoms with Gasteiger partial charge in [0.15, 0.2) is 5.17 Å². The van der Waals surface area contributed by atoms with Gasteiger partial charge in [0.1, 0.15) is 5.25 Å². The summed E-state index contributed by atoms with van der Waals surface area (Å²) in [5.74, 6) is -0.424. The van der Waals surface area contributed by atoms with Gasteiger partial charge in [0.25, 0.3) is 0 Å². The van der Waals surface area contributed by atoms with Crippen LogP contribution >= 0.6 is 11.8 Å². The fourth-order valence-electron chi connectivity index (χ4n) is 2.97. The van der Waals surface area contributed by atoms with E-state index in [0.29, 0.717) is 5.17 Å². The van der Waals surface area contributed by atoms with Crippen LogP contribution in [0, 0.1) is 13.8 Å². The van der Waals surface area contributed by atoms with Crippen molar-refractivity contribution in [3.8, 4) is 0 Å². The molecule has 1 saturated heterocycles. The Bertz CT molecular complexity index is 899. The number of amidine groups is 1. The SMILES string of the molecule is Cc1ccc(NC(=O)CC2SC(=Nc3ccccc3)N(CCO)C2=O)c(C)c1. The number of hydrogen-bond donors (Lipinski definition) is 2. The van der Waals surface area contributed by atoms with Crippen molar-refractivity contribution in [1.29, 1.82) is 0 Å². The van der Waals surface area contributed by atoms with E-state index in [1.54, 1.807) is 0 Å². The van der Waals surface area contributed by atoms with Crippen molar-refractivity contribution >= 4 is 40.1 Å². The Kier molecular flexibility index (Phi) is 6.49. The average Bonchev–Trinajstić information content (AvgIpc) is 2.94. The maximum atomic E-state index is 12.7. The first-order valence-corrected chi connectivity index (χ1v) is 9.95. The molecule has 7 heteroatoms. The molecule has 146 valence electrons. The molecule has 1 aliphatic rings. The summed E-state index contributed by atoms with van der Waals surface area (Å²) in [6.07, 6.45) is 0.0482. The van der Waals surface area contributed by atoms with Gasteiger partial charge in [0, 0.05) is 12.1 Å². The highest BCUT2D eigenvalue weighted by atomic mass is 32.2. The lowest BCUT2D eigenvalue weighted by molar-refractivity contribution is -0.128. The molecule has 6 nitrogen and oxygen atoms in total. The first kappa shape index (κ1) is 20.1. The van der Waals surface area contributed by atoms with E-state index >= 15 is 0 Å². The minimum absolute atomic E-state index is 0.0482. The Balaban J connectivity index is 1.72. The van der Waals surface area contributed by atoms with E-state index < -0.39 is 5.25 Å². The number of benzene rings is 2. The second kappa shape index (κ2) is 9.03. The van der Waals surface area contributed by atoms with Crippen LogP contribution in [0.1, 0.15) is 17.5 Å². The van der Waals surface area contributed by atoms with E-state index in [1.165, 1.54) is 16.7 Å². The maximum Gasteiger partial charge on any atom is 0.242 e. The molecule has 2 N–H and O–H groups in total. The normalized spacial score (nSPS) is 18.0. The van der Waals surface area contributed by atoms with E-state index in [4.69, 9.17) is 0 Å². The van der Waals surface area contributed by atoms with Crippen molar-refractivity contribution in [3.63, 3.8) is 0 Å². The Morgan fingerprint density at radius 1 is 1.21 bits per heavy atom. The molecule has 3 rings (SSSR count). The molecule has 0 aliphatic carbocycles. The molecule has 2 aromatic rings. The van der Waals surface area contributed by atoms with Crippen LogP contribution < -0.4 is 5.32 Å². The number of anilines is 1. The first-order valence-electron chi connectivity index (χ1n) is 9.07. The zero-order valence-electron chi connectivity index (χ0n) is 15.9. The number of aliphatic imine (C=N–C) groups is 1. The standard InChI is InChI=1S/C21H23N3O3S/c1-14-8-9-17(15(2)12-14)23-19(26)13-18-20(27)24(10-11-25)21(28-18)22-16-6-4-3-5-7-16/h3-9,12,18,25H,10-11,13H2,1-2H3,(H,23,26). The number of hydrogen-bond acceptors (Lipinski definition) is 5. The van der Waals surface area contributed by atoms with Gasteiger partial charge in [0.2, 0.25) is 11.8 Å². The summed E-state index contributed by atoms with van der Waals surface area (Å²) in [6.45, 7) is 3.93. The Hall–Kier alpha value is -2.64. The summed E-state index contributed by atoms with van der Waals surface area (Å²) in [6, 6.07) is 15.1. The van der Waals surface area contributed by atoms with Crippen molar-refractivity contribution in [2.75, 3.05) is 18.5 Å². The predicted octanol–water partition coefficient (Wildman–Crippen LogP) is 3.26. The lowest BCUT2D eigenvalue weighted by Gasteiger charge is -2.14. The van der Waals surface area contributed by atoms with Crippen molar-refractivity contribution in [1.82, 2.24) is 4.90 Å². The molecule has 2 amide bonds. The van der Waals surface area contributed by atoms with Gasteiger partial charge >= 0.3 is 0 Å². The van der Waals surface area contributed by atoms with E-state index in [-0.39, 0.29) is 31.4 Å². The number of thioether (sulfide) groups is 1. The van der Waals surface area contributed by atoms with Gasteiger partial charge in [-0.2, -0.15) is 0 Å². The second-order valence-electron chi connectivity index (χ2n) is 6.62. The Morgan fingerprint density at radius 2 is 1.96 bits per heavy atom. The first-order chi connectivity index (χ1) is 13.5. The van der Waals surface area contributed by atoms with Crippen LogP contribution in [-0.4, -0.2) is 45.4 Å². The molecule has 28 heavy (non-hydrogen) atoms. The molecule has 0 saturated carbocycles. The number of nitrogens with one attached hydrogen (secondary N) is 1. The van der Waals surface area contributed by atoms with Crippen LogP contribution in [0.4, 0.5) is 11.4 Å². The highest BCUT2D eigenvalue weighted by Gasteiger charge is 2.38. The minimum Gasteiger partial charge on any atom is -0.395 e. The molecular weight excluding hydrogens is 374 g/mol. The number of aliphatic hydroxyl groups is 1. The van der Waals surface area contributed by atoms with Crippen molar-refractivity contribution in [2.24, 2.45) is 4.99 Å². The number of nitrogens with zero attached hydrogens (tertiary/aromatic N) is 2. The summed E-state index contributed by atoms with van der Waals surface area (Å²) < 4.78 is 0. The monoisotopic (exact) mass is 397 g/mol. The molecule has 1 fully saturated rings. The average molecular weight is 398 g/mol. The fraction of sp³-hybridized carbons (Fsp3) is 0.286. The number of amides is 2. The molecule has 1 atom stereocenters. The van der Waals surface area contributed by atoms with Crippen molar-refractivity contribution in [2.45, 2.75) is 25.5 Å². The van der Waals surface area contributed by atoms with Crippen molar-refractivity contribution < 1.29 is 14.7 Å². The van der Waals surface area contributed by atoms with Gasteiger partial charge in [-0.05, 0) is 37.6 Å². The molecule has 1 unspecified atom stereocenters. The third kappa shape index (κ3) is 4.79. The van der Waals surface area contributed by atoms with Crippen LogP contribution in [0.15, 0.2) is 53.5 Å². The quantitative estimate of drug-likeness (QED) is 0.784. The van der Waals surface area contributed by atoms with Crippen LogP contribution in [0.5, 0.6) is 0 Å². The van der Waals surface area contributed by atoms with Crippen LogP contribution in [0.25, 0.3) is 0 Å². The lowest BCUT2D eigenvalue weighted by atomic mass is 10.1. The molecule has 0 radical (unpaired) electrons. The summed E-state index contributed by atoms with van der Waals surface area (Å²) in [5, 5.41) is 12.1. The smallest absolute Gasteiger partial charge is 0.242 e. The van der Waals surface area contributed by atoms with E-state index in [9.17, 15) is 14.7 Å². The van der Waals surface area contributed by atoms with E-state index in [2.05, 4.69) is 10.3 Å². The topological polar surface area (TPSA) is 82.0 Å². The van der Waals surface area contributed by atoms with Crippen molar-refractivity contribution in [3.05, 3.63) is 59.7 Å². The third-order valence-corrected chi connectivity index (χ3v) is 5.53. The Labute approximate surface area is 168 Å². The van der Waals surface area contributed by atoms with Gasteiger partial charge in [-0.15, -0.1) is 0 Å². The summed E-state index contributed by atoms with van der Waals surface area (Å²) >= 11 is 1.26. The van der Waals surface area contributed by atoms with Gasteiger partial charge in [-0.25, -0.2) is 4.99 Å². The number of rotatable bonds is 6. The number of carbonyl (C=O) groups is 2. The van der Waals surface area contributed by atoms with Gasteiger partial charge in [-0.3, -0.25) is 14.5 Å². The van der Waals surface area contributed by atoms with E-state index in [1.807, 2.05) is 62.4 Å². The van der Waals surface area contributed by atoms with Crippen LogP contribution in [0.2, 0.25) is 0 Å². The second-order valence-corrected chi connectivity index (χ2v) is 7.79. The van der Waals surface area contributed by atoms with Crippen LogP contribution in [-0.2, 0) is 9.59 Å². The molecule has 0 bridgehead atoms. The summed E-state index contributed by atoms with van der Waals surface area (Å²) in [4.78, 5) is 31.2. The largest absolute Gasteiger partial charge is 0.395 e. The number of β-amino-alcohol motifs (C(OH)–C–C–N with tert-alkyl or cyclic N) is 1. The lowest BCUT2D eigenvalue weighted by Crippen LogP contribution is -2.35. The predicted molar refractivity (Wildman–Crippen MR) is 113 cm³/mol. The minimum atomic E-state index is -0.556. The molecule has 2 aromatic carbocycles. The van der Waals surface area contributed by atoms with Crippen LogP contribution in [0.3, 0.4) is 0 Å². The van der Waals surface area contributed by atoms with Gasteiger partial charge < -0.3 is 10.4 Å². The number of aryl methyl sites for hydroxylation is 2. The Morgan fingerprint density at radius 3 is 2.64 bits per heavy atom. The summed E-state index contributed by atoms with van der Waals surface area (Å²) in [7, 11) is 0. The summed E-state index contributed by atoms with van der Waals surface area (Å²) in [5.41, 5.74) is 3.57. The third-order valence-electron chi connectivity index (χ3n) is 4.35. The van der Waals surface area contributed by atoms with Gasteiger partial charge in [-0.1, -0.05) is 47.7 Å². The molecule has 0 aromatic heterocycles. The zero-order chi connectivity index (χ0) is 20.1. The highest BCUT2D eigenvalue weighted by Crippen LogP contribution is 2.31. The molecule has 1 aliphatic heterocycles. The zero-order valence-corrected chi connectivity index (χ0v) is 16.7. The highest BCUT2D eigenvalue weighted by molar-refractivity contribution is 8.15. The maximum absolute atomic E-state index is 12.7. The molecule has 1 heterocycles. The number of para-hydroxylation sites is 1. The van der Waals surface area contributed by atoms with Gasteiger partial charge in [0.05, 0.1) is 18.8 Å². The fourth-order valence-corrected chi connectivity index (χ4v) is 4.15. The number of aliphatic hydroxyl groups excluding tert-OH is 1. The molecule has 0 spiro atoms. The van der Waals surface area contributed by atoms with E-state index in [0.717, 1.165) is 22.5 Å².